The van der Waals surface area contributed by atoms with Crippen LogP contribution in [0.3, 0.4) is 0 Å². The first-order valence-corrected chi connectivity index (χ1v) is 14.0. The van der Waals surface area contributed by atoms with Crippen LogP contribution in [-0.2, 0) is 35.5 Å². The van der Waals surface area contributed by atoms with Crippen molar-refractivity contribution >= 4 is 56.9 Å². The molecule has 4 aliphatic rings. The fraction of sp³-hybridized carbons (Fsp3) is 0.300. The quantitative estimate of drug-likeness (QED) is 0.198. The van der Waals surface area contributed by atoms with E-state index in [-0.39, 0.29) is 12.5 Å². The number of amides is 2. The van der Waals surface area contributed by atoms with Crippen LogP contribution in [-0.4, -0.2) is 28.7 Å². The fourth-order valence-corrected chi connectivity index (χ4v) is 7.82. The number of benzene rings is 3. The molecule has 0 N–H and O–H groups in total. The van der Waals surface area contributed by atoms with E-state index >= 15 is 0 Å². The molecule has 5 nitrogen and oxygen atoms in total. The number of hydrogen-bond acceptors (Lipinski definition) is 4. The summed E-state index contributed by atoms with van der Waals surface area (Å²) in [6, 6.07) is 21.2. The third kappa shape index (κ3) is 3.33. The van der Waals surface area contributed by atoms with Crippen LogP contribution < -0.4 is 0 Å². The Morgan fingerprint density at radius 2 is 1.26 bits per heavy atom. The molecule has 0 radical (unpaired) electrons. The molecule has 194 valence electrons. The molecule has 38 heavy (non-hydrogen) atoms. The van der Waals surface area contributed by atoms with Crippen molar-refractivity contribution in [2.75, 3.05) is 0 Å². The molecule has 8 heteroatoms. The molecule has 1 saturated heterocycles. The monoisotopic (exact) mass is 611 g/mol. The largest absolute Gasteiger partial charge is 0.459 e. The molecule has 7 rings (SSSR count). The summed E-state index contributed by atoms with van der Waals surface area (Å²) >= 11 is 18.4. The van der Waals surface area contributed by atoms with E-state index in [2.05, 4.69) is 15.9 Å². The van der Waals surface area contributed by atoms with Crippen molar-refractivity contribution in [3.63, 3.8) is 0 Å². The average Bonchev–Trinajstić information content (AvgIpc) is 3.18. The molecule has 2 bridgehead atoms. The van der Waals surface area contributed by atoms with E-state index in [9.17, 15) is 14.4 Å². The Labute approximate surface area is 239 Å². The van der Waals surface area contributed by atoms with Crippen molar-refractivity contribution in [3.05, 3.63) is 105 Å². The van der Waals surface area contributed by atoms with Gasteiger partial charge in [-0.2, -0.15) is 0 Å². The molecule has 0 aromatic heterocycles. The van der Waals surface area contributed by atoms with Gasteiger partial charge in [-0.1, -0.05) is 90.4 Å². The van der Waals surface area contributed by atoms with Crippen LogP contribution in [0.5, 0.6) is 0 Å². The molecule has 3 aromatic carbocycles. The van der Waals surface area contributed by atoms with Gasteiger partial charge < -0.3 is 4.74 Å². The second kappa shape index (κ2) is 8.94. The minimum absolute atomic E-state index is 0.0220. The van der Waals surface area contributed by atoms with Crippen molar-refractivity contribution in [1.29, 1.82) is 0 Å². The van der Waals surface area contributed by atoms with Gasteiger partial charge in [0, 0.05) is 4.47 Å². The summed E-state index contributed by atoms with van der Waals surface area (Å²) in [5.74, 6) is -3.94. The third-order valence-electron chi connectivity index (χ3n) is 8.06. The van der Waals surface area contributed by atoms with Gasteiger partial charge in [0.05, 0.1) is 11.8 Å². The second-order valence-corrected chi connectivity index (χ2v) is 12.5. The first-order chi connectivity index (χ1) is 18.1. The van der Waals surface area contributed by atoms with Crippen LogP contribution in [0.4, 0.5) is 0 Å². The Kier molecular flexibility index (Phi) is 6.02. The van der Waals surface area contributed by atoms with E-state index in [1.54, 1.807) is 13.8 Å². The average molecular weight is 613 g/mol. The van der Waals surface area contributed by atoms with Crippen molar-refractivity contribution in [1.82, 2.24) is 4.90 Å². The third-order valence-corrected chi connectivity index (χ3v) is 9.88. The van der Waals surface area contributed by atoms with Gasteiger partial charge in [0.2, 0.25) is 11.8 Å². The maximum Gasteiger partial charge on any atom is 0.329 e. The zero-order valence-electron chi connectivity index (χ0n) is 20.7. The lowest BCUT2D eigenvalue weighted by atomic mass is 9.54. The molecule has 1 aliphatic heterocycles. The van der Waals surface area contributed by atoms with Gasteiger partial charge >= 0.3 is 5.97 Å². The summed E-state index contributed by atoms with van der Waals surface area (Å²) < 4.78 is 6.54. The van der Waals surface area contributed by atoms with Crippen LogP contribution >= 0.6 is 39.1 Å². The van der Waals surface area contributed by atoms with Gasteiger partial charge in [-0.25, -0.2) is 4.79 Å². The number of ether oxygens (including phenoxy) is 1. The van der Waals surface area contributed by atoms with E-state index in [1.165, 1.54) is 0 Å². The van der Waals surface area contributed by atoms with E-state index < -0.39 is 45.4 Å². The predicted octanol–water partition coefficient (Wildman–Crippen LogP) is 6.11. The molecule has 0 saturated carbocycles. The molecule has 1 fully saturated rings. The van der Waals surface area contributed by atoms with Gasteiger partial charge in [-0.15, -0.1) is 23.2 Å². The molecule has 0 unspecified atom stereocenters. The zero-order chi connectivity index (χ0) is 27.0. The number of carbonyl (C=O) groups excluding carboxylic acids is 3. The molecule has 3 aromatic rings. The van der Waals surface area contributed by atoms with Gasteiger partial charge in [0.15, 0.2) is 0 Å². The Hall–Kier alpha value is -2.67. The maximum absolute atomic E-state index is 14.2. The normalized spacial score (nSPS) is 27.7. The molecule has 3 aliphatic carbocycles. The number of halogens is 3. The van der Waals surface area contributed by atoms with E-state index in [1.807, 2.05) is 72.8 Å². The molecule has 3 atom stereocenters. The molecule has 1 heterocycles. The van der Waals surface area contributed by atoms with E-state index in [0.29, 0.717) is 0 Å². The SMILES string of the molecule is CC(C)[C@@H](C(=O)OCc1ccc(Br)cc1)N1C(=O)[C@@H]2[C@H](C1=O)C1(Cl)c3ccccc3C2(Cl)c2ccccc21. The summed E-state index contributed by atoms with van der Waals surface area (Å²) in [5.41, 5.74) is 3.68. The number of hydrogen-bond donors (Lipinski definition) is 0. The van der Waals surface area contributed by atoms with Crippen LogP contribution in [0.15, 0.2) is 77.3 Å². The van der Waals surface area contributed by atoms with Crippen LogP contribution in [0, 0.1) is 17.8 Å². The number of rotatable bonds is 5. The minimum Gasteiger partial charge on any atom is -0.459 e. The summed E-state index contributed by atoms with van der Waals surface area (Å²) in [7, 11) is 0. The van der Waals surface area contributed by atoms with Crippen molar-refractivity contribution in [2.24, 2.45) is 17.8 Å². The smallest absolute Gasteiger partial charge is 0.329 e. The Bertz CT molecular complexity index is 1370. The van der Waals surface area contributed by atoms with Crippen LogP contribution in [0.25, 0.3) is 0 Å². The van der Waals surface area contributed by atoms with Gasteiger partial charge in [-0.05, 0) is 45.9 Å². The number of likely N-dealkylation sites (tertiary alicyclic amines) is 1. The van der Waals surface area contributed by atoms with E-state index in [4.69, 9.17) is 27.9 Å². The summed E-state index contributed by atoms with van der Waals surface area (Å²) in [6.45, 7) is 3.60. The summed E-state index contributed by atoms with van der Waals surface area (Å²) in [4.78, 5) is 40.4. The topological polar surface area (TPSA) is 63.7 Å². The van der Waals surface area contributed by atoms with Crippen LogP contribution in [0.2, 0.25) is 0 Å². The highest BCUT2D eigenvalue weighted by Gasteiger charge is 2.74. The highest BCUT2D eigenvalue weighted by atomic mass is 79.9. The van der Waals surface area contributed by atoms with Crippen LogP contribution in [0.1, 0.15) is 41.7 Å². The van der Waals surface area contributed by atoms with Crippen molar-refractivity contribution < 1.29 is 19.1 Å². The van der Waals surface area contributed by atoms with Gasteiger partial charge in [-0.3, -0.25) is 14.5 Å². The maximum atomic E-state index is 14.2. The van der Waals surface area contributed by atoms with Crippen molar-refractivity contribution in [3.8, 4) is 0 Å². The zero-order valence-corrected chi connectivity index (χ0v) is 23.8. The number of esters is 1. The van der Waals surface area contributed by atoms with Crippen molar-refractivity contribution in [2.45, 2.75) is 36.2 Å². The molecule has 0 spiro atoms. The molecular formula is C30H24BrCl2NO4. The van der Waals surface area contributed by atoms with E-state index in [0.717, 1.165) is 37.2 Å². The Morgan fingerprint density at radius 1 is 0.842 bits per heavy atom. The highest BCUT2D eigenvalue weighted by molar-refractivity contribution is 9.10. The summed E-state index contributed by atoms with van der Waals surface area (Å²) in [6.07, 6.45) is 0. The second-order valence-electron chi connectivity index (χ2n) is 10.4. The van der Waals surface area contributed by atoms with Gasteiger partial charge in [0.1, 0.15) is 22.4 Å². The minimum atomic E-state index is -1.29. The lowest BCUT2D eigenvalue weighted by Gasteiger charge is -2.54. The Morgan fingerprint density at radius 3 is 1.66 bits per heavy atom. The highest BCUT2D eigenvalue weighted by Crippen LogP contribution is 2.69. The lowest BCUT2D eigenvalue weighted by Crippen LogP contribution is -2.57. The lowest BCUT2D eigenvalue weighted by molar-refractivity contribution is -0.162. The number of nitrogens with zero attached hydrogens (tertiary/aromatic N) is 1. The molecule has 2 amide bonds. The standard InChI is InChI=1S/C30H24BrCl2NO4/c1-16(2)25(28(37)38-15-17-11-13-18(31)14-12-17)34-26(35)23-24(27(34)36)30(33)20-8-4-3-7-19(20)29(23,32)21-9-5-6-10-22(21)30/h3-14,16,23-25H,15H2,1-2H3/t23-,24+,25-,29?,30?/m0/s1. The number of alkyl halides is 2. The summed E-state index contributed by atoms with van der Waals surface area (Å²) in [5, 5.41) is 0. The molecular weight excluding hydrogens is 589 g/mol. The number of imide groups is 1. The fourth-order valence-electron chi connectivity index (χ4n) is 6.46. The number of carbonyl (C=O) groups is 3. The first-order valence-electron chi connectivity index (χ1n) is 12.5. The van der Waals surface area contributed by atoms with Gasteiger partial charge in [0.25, 0.3) is 0 Å². The predicted molar refractivity (Wildman–Crippen MR) is 148 cm³/mol. The Balaban J connectivity index is 1.42. The first kappa shape index (κ1) is 25.6.